The Balaban J connectivity index is 1.63. The van der Waals surface area contributed by atoms with E-state index in [2.05, 4.69) is 19.1 Å². The second-order valence-electron chi connectivity index (χ2n) is 8.96. The highest BCUT2D eigenvalue weighted by Gasteiger charge is 2.33. The Bertz CT molecular complexity index is 1350. The van der Waals surface area contributed by atoms with Crippen LogP contribution >= 0.6 is 24.0 Å². The van der Waals surface area contributed by atoms with E-state index in [1.54, 1.807) is 19.3 Å². The lowest BCUT2D eigenvalue weighted by Gasteiger charge is -2.22. The van der Waals surface area contributed by atoms with Crippen LogP contribution in [0.2, 0.25) is 0 Å². The van der Waals surface area contributed by atoms with Crippen molar-refractivity contribution in [2.75, 3.05) is 26.9 Å². The number of methoxy groups -OCH3 is 1. The Kier molecular flexibility index (Phi) is 9.75. The van der Waals surface area contributed by atoms with Gasteiger partial charge in [0.05, 0.1) is 18.1 Å². The molecule has 39 heavy (non-hydrogen) atoms. The SMILES string of the molecule is COCC(Oc1cc(/C=C2\SC(=S)N(CC(=O)O)C2=O)ccc1OC[C@@H](C)c1ccccc1)c1ccccc1. The third-order valence-corrected chi connectivity index (χ3v) is 7.43. The van der Waals surface area contributed by atoms with Gasteiger partial charge in [-0.25, -0.2) is 0 Å². The summed E-state index contributed by atoms with van der Waals surface area (Å²) >= 11 is 6.29. The van der Waals surface area contributed by atoms with Crippen LogP contribution in [0.1, 0.15) is 35.6 Å². The van der Waals surface area contributed by atoms with Crippen molar-refractivity contribution in [1.82, 2.24) is 4.90 Å². The topological polar surface area (TPSA) is 85.3 Å². The van der Waals surface area contributed by atoms with E-state index in [0.717, 1.165) is 22.2 Å². The average Bonchev–Trinajstić information content (AvgIpc) is 3.20. The molecule has 0 spiro atoms. The second kappa shape index (κ2) is 13.4. The van der Waals surface area contributed by atoms with Gasteiger partial charge in [-0.15, -0.1) is 0 Å². The Morgan fingerprint density at radius 3 is 2.31 bits per heavy atom. The number of carboxylic acids is 1. The predicted octanol–water partition coefficient (Wildman–Crippen LogP) is 5.92. The molecule has 7 nitrogen and oxygen atoms in total. The zero-order valence-electron chi connectivity index (χ0n) is 21.6. The fourth-order valence-electron chi connectivity index (χ4n) is 4.01. The highest BCUT2D eigenvalue weighted by atomic mass is 32.2. The molecule has 0 radical (unpaired) electrons. The number of rotatable bonds is 12. The van der Waals surface area contributed by atoms with Crippen LogP contribution in [0.4, 0.5) is 0 Å². The summed E-state index contributed by atoms with van der Waals surface area (Å²) in [4.78, 5) is 25.3. The molecular weight excluding hydrogens is 534 g/mol. The van der Waals surface area contributed by atoms with Crippen LogP contribution in [0.25, 0.3) is 6.08 Å². The second-order valence-corrected chi connectivity index (χ2v) is 10.6. The minimum absolute atomic E-state index is 0.151. The number of benzene rings is 3. The molecule has 1 amide bonds. The van der Waals surface area contributed by atoms with Gasteiger partial charge >= 0.3 is 5.97 Å². The summed E-state index contributed by atoms with van der Waals surface area (Å²) in [5.74, 6) is -0.354. The van der Waals surface area contributed by atoms with Crippen molar-refractivity contribution in [1.29, 1.82) is 0 Å². The van der Waals surface area contributed by atoms with Crippen molar-refractivity contribution in [3.05, 3.63) is 100 Å². The number of thioether (sulfide) groups is 1. The first-order valence-electron chi connectivity index (χ1n) is 12.3. The quantitative estimate of drug-likeness (QED) is 0.215. The van der Waals surface area contributed by atoms with Crippen molar-refractivity contribution >= 4 is 46.3 Å². The molecule has 2 atom stereocenters. The van der Waals surface area contributed by atoms with Gasteiger partial charge in [-0.05, 0) is 34.9 Å². The van der Waals surface area contributed by atoms with Gasteiger partial charge in [0.25, 0.3) is 5.91 Å². The minimum atomic E-state index is -1.13. The molecule has 1 saturated heterocycles. The zero-order chi connectivity index (χ0) is 27.8. The third-order valence-electron chi connectivity index (χ3n) is 6.05. The average molecular weight is 564 g/mol. The van der Waals surface area contributed by atoms with Crippen LogP contribution in [0.15, 0.2) is 83.8 Å². The molecule has 1 heterocycles. The van der Waals surface area contributed by atoms with Crippen LogP contribution in [-0.4, -0.2) is 53.1 Å². The Morgan fingerprint density at radius 1 is 1.00 bits per heavy atom. The van der Waals surface area contributed by atoms with Gasteiger partial charge in [-0.3, -0.25) is 14.5 Å². The Labute approximate surface area is 237 Å². The summed E-state index contributed by atoms with van der Waals surface area (Å²) in [5, 5.41) is 9.11. The Hall–Kier alpha value is -3.66. The summed E-state index contributed by atoms with van der Waals surface area (Å²) in [6, 6.07) is 25.3. The number of thiocarbonyl (C=S) groups is 1. The number of carbonyl (C=O) groups is 2. The van der Waals surface area contributed by atoms with E-state index in [1.807, 2.05) is 60.7 Å². The number of amides is 1. The molecule has 1 fully saturated rings. The molecule has 3 aromatic rings. The smallest absolute Gasteiger partial charge is 0.323 e. The molecule has 1 unspecified atom stereocenters. The van der Waals surface area contributed by atoms with E-state index in [-0.39, 0.29) is 10.2 Å². The summed E-state index contributed by atoms with van der Waals surface area (Å²) < 4.78 is 18.3. The van der Waals surface area contributed by atoms with Gasteiger partial charge in [-0.2, -0.15) is 0 Å². The number of aliphatic carboxylic acids is 1. The monoisotopic (exact) mass is 563 g/mol. The molecule has 1 N–H and O–H groups in total. The first kappa shape index (κ1) is 28.4. The maximum absolute atomic E-state index is 12.8. The van der Waals surface area contributed by atoms with E-state index in [0.29, 0.717) is 35.2 Å². The van der Waals surface area contributed by atoms with Crippen LogP contribution < -0.4 is 9.47 Å². The highest BCUT2D eigenvalue weighted by Crippen LogP contribution is 2.37. The summed E-state index contributed by atoms with van der Waals surface area (Å²) in [7, 11) is 1.62. The molecule has 0 bridgehead atoms. The van der Waals surface area contributed by atoms with Crippen molar-refractivity contribution in [2.24, 2.45) is 0 Å². The van der Waals surface area contributed by atoms with Crippen molar-refractivity contribution in [2.45, 2.75) is 18.9 Å². The highest BCUT2D eigenvalue weighted by molar-refractivity contribution is 8.26. The third kappa shape index (κ3) is 7.47. The summed E-state index contributed by atoms with van der Waals surface area (Å²) in [6.07, 6.45) is 1.28. The number of carbonyl (C=O) groups excluding carboxylic acids is 1. The fraction of sp³-hybridized carbons (Fsp3) is 0.233. The first-order chi connectivity index (χ1) is 18.9. The number of ether oxygens (including phenoxy) is 3. The standard InChI is InChI=1S/C30H29NO6S2/c1-20(22-9-5-3-6-10-22)18-36-24-14-13-21(16-27-29(34)31(17-28(32)33)30(38)39-27)15-25(24)37-26(19-35-2)23-11-7-4-8-12-23/h3-16,20,26H,17-19H2,1-2H3,(H,32,33)/b27-16-/t20-,26?/m1/s1. The normalized spacial score (nSPS) is 15.8. The number of carboxylic acid groups (broad SMARTS) is 1. The maximum Gasteiger partial charge on any atom is 0.323 e. The molecule has 3 aromatic carbocycles. The summed E-state index contributed by atoms with van der Waals surface area (Å²) in [5.41, 5.74) is 2.80. The molecule has 202 valence electrons. The lowest BCUT2D eigenvalue weighted by Crippen LogP contribution is -2.33. The van der Waals surface area contributed by atoms with Crippen LogP contribution in [-0.2, 0) is 14.3 Å². The van der Waals surface area contributed by atoms with E-state index < -0.39 is 24.5 Å². The van der Waals surface area contributed by atoms with Gasteiger partial charge in [0.1, 0.15) is 17.0 Å². The largest absolute Gasteiger partial charge is 0.489 e. The zero-order valence-corrected chi connectivity index (χ0v) is 23.2. The lowest BCUT2D eigenvalue weighted by atomic mass is 10.0. The number of hydrogen-bond acceptors (Lipinski definition) is 7. The maximum atomic E-state index is 12.8. The molecular formula is C30H29NO6S2. The van der Waals surface area contributed by atoms with E-state index in [9.17, 15) is 9.59 Å². The minimum Gasteiger partial charge on any atom is -0.489 e. The van der Waals surface area contributed by atoms with Crippen molar-refractivity contribution < 1.29 is 28.9 Å². The van der Waals surface area contributed by atoms with Crippen LogP contribution in [0, 0.1) is 0 Å². The lowest BCUT2D eigenvalue weighted by molar-refractivity contribution is -0.140. The molecule has 9 heteroatoms. The Morgan fingerprint density at radius 2 is 1.67 bits per heavy atom. The molecule has 0 saturated carbocycles. The molecule has 0 aromatic heterocycles. The molecule has 0 aliphatic carbocycles. The van der Waals surface area contributed by atoms with E-state index in [4.69, 9.17) is 31.5 Å². The van der Waals surface area contributed by atoms with Gasteiger partial charge in [0.15, 0.2) is 11.5 Å². The molecule has 1 aliphatic heterocycles. The first-order valence-corrected chi connectivity index (χ1v) is 13.6. The van der Waals surface area contributed by atoms with Crippen molar-refractivity contribution in [3.8, 4) is 11.5 Å². The van der Waals surface area contributed by atoms with E-state index >= 15 is 0 Å². The predicted molar refractivity (Wildman–Crippen MR) is 156 cm³/mol. The van der Waals surface area contributed by atoms with Crippen LogP contribution in [0.3, 0.4) is 0 Å². The molecule has 4 rings (SSSR count). The van der Waals surface area contributed by atoms with Gasteiger partial charge in [-0.1, -0.05) is 97.6 Å². The van der Waals surface area contributed by atoms with Gasteiger partial charge < -0.3 is 19.3 Å². The number of hydrogen-bond donors (Lipinski definition) is 1. The van der Waals surface area contributed by atoms with Gasteiger partial charge in [0.2, 0.25) is 0 Å². The number of nitrogens with zero attached hydrogens (tertiary/aromatic N) is 1. The fourth-order valence-corrected chi connectivity index (χ4v) is 5.27. The van der Waals surface area contributed by atoms with E-state index in [1.165, 1.54) is 5.56 Å². The van der Waals surface area contributed by atoms with Gasteiger partial charge in [0, 0.05) is 13.0 Å². The molecule has 1 aliphatic rings. The van der Waals surface area contributed by atoms with Crippen LogP contribution in [0.5, 0.6) is 11.5 Å². The van der Waals surface area contributed by atoms with Crippen molar-refractivity contribution in [3.63, 3.8) is 0 Å². The summed E-state index contributed by atoms with van der Waals surface area (Å²) in [6.45, 7) is 2.38.